The normalized spacial score (nSPS) is 15.2. The first-order valence-corrected chi connectivity index (χ1v) is 11.5. The van der Waals surface area contributed by atoms with Gasteiger partial charge in [-0.15, -0.1) is 11.3 Å². The minimum Gasteiger partial charge on any atom is -0.497 e. The van der Waals surface area contributed by atoms with E-state index in [9.17, 15) is 9.59 Å². The van der Waals surface area contributed by atoms with Gasteiger partial charge in [-0.05, 0) is 60.4 Å². The number of fused-ring (bicyclic) bond motifs is 1. The van der Waals surface area contributed by atoms with Crippen LogP contribution < -0.4 is 15.0 Å². The molecular weight excluding hydrogens is 436 g/mol. The van der Waals surface area contributed by atoms with Crippen molar-refractivity contribution >= 4 is 17.1 Å². The molecule has 0 bridgehead atoms. The number of aromatic nitrogens is 2. The quantitative estimate of drug-likeness (QED) is 0.450. The Morgan fingerprint density at radius 1 is 0.909 bits per heavy atom. The largest absolute Gasteiger partial charge is 0.497 e. The fourth-order valence-electron chi connectivity index (χ4n) is 4.19. The summed E-state index contributed by atoms with van der Waals surface area (Å²) in [4.78, 5) is 33.5. The van der Waals surface area contributed by atoms with E-state index in [1.807, 2.05) is 53.9 Å². The van der Waals surface area contributed by atoms with Crippen molar-refractivity contribution in [2.75, 3.05) is 14.2 Å². The molecule has 0 spiro atoms. The topological polar surface area (TPSA) is 81.3 Å². The second kappa shape index (κ2) is 8.67. The second-order valence-electron chi connectivity index (χ2n) is 7.97. The first-order chi connectivity index (χ1) is 16.1. The number of ether oxygens (including phenoxy) is 2. The zero-order valence-electron chi connectivity index (χ0n) is 18.3. The van der Waals surface area contributed by atoms with Gasteiger partial charge in [0.2, 0.25) is 0 Å². The Bertz CT molecular complexity index is 1370. The summed E-state index contributed by atoms with van der Waals surface area (Å²) < 4.78 is 10.4. The molecule has 33 heavy (non-hydrogen) atoms. The lowest BCUT2D eigenvalue weighted by atomic mass is 9.81. The number of methoxy groups -OCH3 is 2. The Balaban J connectivity index is 1.44. The van der Waals surface area contributed by atoms with Crippen LogP contribution in [-0.2, 0) is 6.42 Å². The molecule has 2 aromatic carbocycles. The Morgan fingerprint density at radius 3 is 2.24 bits per heavy atom. The number of carbonyl (C=O) groups excluding carboxylic acids is 1. The number of rotatable bonds is 5. The Kier molecular flexibility index (Phi) is 5.56. The van der Waals surface area contributed by atoms with Crippen LogP contribution in [0.25, 0.3) is 21.8 Å². The van der Waals surface area contributed by atoms with Gasteiger partial charge in [-0.1, -0.05) is 12.1 Å². The standard InChI is InChI=1S/C26H22N2O4S/c1-31-18-7-3-15(4-8-18)17-11-22-20(24(29)12-17)13-21(25(30)27-22)26-28-23(14-33-26)16-5-9-19(32-2)10-6-16/h3-10,13-14,17H,11-12H2,1-2H3,(H,27,30)/t17-/m1/s1. The summed E-state index contributed by atoms with van der Waals surface area (Å²) in [5, 5.41) is 2.51. The highest BCUT2D eigenvalue weighted by molar-refractivity contribution is 7.13. The van der Waals surface area contributed by atoms with Gasteiger partial charge in [0.05, 0.1) is 25.5 Å². The Morgan fingerprint density at radius 2 is 1.58 bits per heavy atom. The molecule has 1 N–H and O–H groups in total. The molecule has 4 aromatic rings. The molecule has 0 fully saturated rings. The lowest BCUT2D eigenvalue weighted by Crippen LogP contribution is -2.24. The van der Waals surface area contributed by atoms with Crippen molar-refractivity contribution < 1.29 is 14.3 Å². The maximum absolute atomic E-state index is 13.0. The van der Waals surface area contributed by atoms with Crippen molar-refractivity contribution in [1.29, 1.82) is 0 Å². The highest BCUT2D eigenvalue weighted by Gasteiger charge is 2.28. The van der Waals surface area contributed by atoms with Crippen LogP contribution in [0.1, 0.15) is 34.0 Å². The number of benzene rings is 2. The molecule has 166 valence electrons. The van der Waals surface area contributed by atoms with Crippen LogP contribution >= 0.6 is 11.3 Å². The Labute approximate surface area is 194 Å². The minimum absolute atomic E-state index is 0.0268. The smallest absolute Gasteiger partial charge is 0.258 e. The molecule has 5 rings (SSSR count). The summed E-state index contributed by atoms with van der Waals surface area (Å²) in [6.07, 6.45) is 1.01. The fraction of sp³-hybridized carbons (Fsp3) is 0.192. The van der Waals surface area contributed by atoms with Crippen LogP contribution in [0.2, 0.25) is 0 Å². The number of hydrogen-bond donors (Lipinski definition) is 1. The average molecular weight is 459 g/mol. The van der Waals surface area contributed by atoms with Crippen molar-refractivity contribution in [3.05, 3.63) is 87.2 Å². The summed E-state index contributed by atoms with van der Waals surface area (Å²) in [5.41, 5.74) is 4.24. The van der Waals surface area contributed by atoms with Crippen molar-refractivity contribution in [1.82, 2.24) is 9.97 Å². The molecule has 0 unspecified atom stereocenters. The maximum atomic E-state index is 13.0. The van der Waals surface area contributed by atoms with E-state index < -0.39 is 0 Å². The third-order valence-corrected chi connectivity index (χ3v) is 6.89. The summed E-state index contributed by atoms with van der Waals surface area (Å²) >= 11 is 1.39. The van der Waals surface area contributed by atoms with Crippen molar-refractivity contribution in [3.8, 4) is 33.3 Å². The highest BCUT2D eigenvalue weighted by Crippen LogP contribution is 2.34. The summed E-state index contributed by atoms with van der Waals surface area (Å²) in [7, 11) is 3.25. The average Bonchev–Trinajstić information content (AvgIpc) is 3.33. The van der Waals surface area contributed by atoms with E-state index in [2.05, 4.69) is 9.97 Å². The van der Waals surface area contributed by atoms with E-state index in [0.29, 0.717) is 34.7 Å². The highest BCUT2D eigenvalue weighted by atomic mass is 32.1. The number of hydrogen-bond acceptors (Lipinski definition) is 6. The summed E-state index contributed by atoms with van der Waals surface area (Å²) in [5.74, 6) is 1.60. The van der Waals surface area contributed by atoms with Crippen LogP contribution in [0.15, 0.2) is 64.8 Å². The van der Waals surface area contributed by atoms with Crippen LogP contribution in [0, 0.1) is 0 Å². The van der Waals surface area contributed by atoms with E-state index in [4.69, 9.17) is 9.47 Å². The molecule has 0 aliphatic heterocycles. The molecule has 6 nitrogen and oxygen atoms in total. The predicted molar refractivity (Wildman–Crippen MR) is 129 cm³/mol. The number of nitrogens with one attached hydrogen (secondary N) is 1. The summed E-state index contributed by atoms with van der Waals surface area (Å²) in [6, 6.07) is 17.0. The van der Waals surface area contributed by atoms with Crippen molar-refractivity contribution in [2.45, 2.75) is 18.8 Å². The molecule has 0 saturated carbocycles. The van der Waals surface area contributed by atoms with Crippen LogP contribution in [0.3, 0.4) is 0 Å². The third-order valence-electron chi connectivity index (χ3n) is 6.01. The maximum Gasteiger partial charge on any atom is 0.258 e. The van der Waals surface area contributed by atoms with Gasteiger partial charge in [0.15, 0.2) is 5.78 Å². The number of pyridine rings is 1. The molecule has 1 aliphatic carbocycles. The van der Waals surface area contributed by atoms with Gasteiger partial charge in [0.25, 0.3) is 5.56 Å². The molecule has 2 heterocycles. The number of Topliss-reactive ketones (excluding diaryl/α,β-unsaturated/α-hetero) is 1. The number of carbonyl (C=O) groups is 1. The first kappa shape index (κ1) is 21.2. The van der Waals surface area contributed by atoms with Crippen LogP contribution in [0.5, 0.6) is 11.5 Å². The second-order valence-corrected chi connectivity index (χ2v) is 8.83. The monoisotopic (exact) mass is 458 g/mol. The molecule has 0 radical (unpaired) electrons. The molecular formula is C26H22N2O4S. The van der Waals surface area contributed by atoms with Crippen LogP contribution in [-0.4, -0.2) is 30.0 Å². The van der Waals surface area contributed by atoms with Crippen molar-refractivity contribution in [2.24, 2.45) is 0 Å². The van der Waals surface area contributed by atoms with Gasteiger partial charge in [-0.25, -0.2) is 4.98 Å². The lowest BCUT2D eigenvalue weighted by Gasteiger charge is -2.24. The van der Waals surface area contributed by atoms with E-state index in [1.165, 1.54) is 11.3 Å². The third kappa shape index (κ3) is 4.07. The number of ketones is 1. The van der Waals surface area contributed by atoms with Gasteiger partial charge in [-0.2, -0.15) is 0 Å². The van der Waals surface area contributed by atoms with Gasteiger partial charge in [-0.3, -0.25) is 9.59 Å². The van der Waals surface area contributed by atoms with Gasteiger partial charge in [0.1, 0.15) is 16.5 Å². The number of thiazole rings is 1. The van der Waals surface area contributed by atoms with E-state index >= 15 is 0 Å². The molecule has 2 aromatic heterocycles. The lowest BCUT2D eigenvalue weighted by molar-refractivity contribution is 0.0963. The van der Waals surface area contributed by atoms with Crippen LogP contribution in [0.4, 0.5) is 0 Å². The fourth-order valence-corrected chi connectivity index (χ4v) is 5.03. The molecule has 1 atom stereocenters. The zero-order chi connectivity index (χ0) is 22.9. The van der Waals surface area contributed by atoms with E-state index in [1.54, 1.807) is 20.3 Å². The molecule has 0 amide bonds. The SMILES string of the molecule is COc1ccc(-c2csc(-c3cc4c([nH]c3=O)C[C@@H](c3ccc(OC)cc3)CC4=O)n2)cc1. The van der Waals surface area contributed by atoms with E-state index in [0.717, 1.165) is 28.3 Å². The number of nitrogens with zero attached hydrogens (tertiary/aromatic N) is 1. The van der Waals surface area contributed by atoms with Crippen molar-refractivity contribution in [3.63, 3.8) is 0 Å². The number of aromatic amines is 1. The van der Waals surface area contributed by atoms with E-state index in [-0.39, 0.29) is 17.3 Å². The molecule has 1 aliphatic rings. The molecule has 0 saturated heterocycles. The van der Waals surface area contributed by atoms with Gasteiger partial charge in [0, 0.05) is 28.6 Å². The van der Waals surface area contributed by atoms with Gasteiger partial charge >= 0.3 is 0 Å². The first-order valence-electron chi connectivity index (χ1n) is 10.6. The Hall–Kier alpha value is -3.71. The molecule has 7 heteroatoms. The minimum atomic E-state index is -0.229. The number of H-pyrrole nitrogens is 1. The predicted octanol–water partition coefficient (Wildman–Crippen LogP) is 5.10. The van der Waals surface area contributed by atoms with Gasteiger partial charge < -0.3 is 14.5 Å². The zero-order valence-corrected chi connectivity index (χ0v) is 19.1. The summed E-state index contributed by atoms with van der Waals surface area (Å²) in [6.45, 7) is 0.